The second-order valence-corrected chi connectivity index (χ2v) is 4.21. The number of hydrogen-bond donors (Lipinski definition) is 1. The van der Waals surface area contributed by atoms with Crippen LogP contribution in [0.1, 0.15) is 12.5 Å². The van der Waals surface area contributed by atoms with Gasteiger partial charge in [0.2, 0.25) is 0 Å². The van der Waals surface area contributed by atoms with E-state index in [4.69, 9.17) is 4.74 Å². The van der Waals surface area contributed by atoms with Crippen molar-refractivity contribution >= 4 is 27.5 Å². The molecule has 17 heavy (non-hydrogen) atoms. The van der Waals surface area contributed by atoms with Crippen LogP contribution in [0.3, 0.4) is 0 Å². The van der Waals surface area contributed by atoms with Crippen molar-refractivity contribution in [2.75, 3.05) is 11.9 Å². The number of amides is 1. The first-order valence-corrected chi connectivity index (χ1v) is 5.88. The zero-order chi connectivity index (χ0) is 12.8. The van der Waals surface area contributed by atoms with Crippen molar-refractivity contribution in [1.29, 1.82) is 0 Å². The highest BCUT2D eigenvalue weighted by Gasteiger charge is 2.09. The van der Waals surface area contributed by atoms with E-state index in [1.807, 2.05) is 6.92 Å². The summed E-state index contributed by atoms with van der Waals surface area (Å²) in [6, 6.07) is 3.20. The lowest BCUT2D eigenvalue weighted by molar-refractivity contribution is -0.112. The molecular formula is C12H13BrFNO2. The summed E-state index contributed by atoms with van der Waals surface area (Å²) in [5, 5.41) is 2.44. The third-order valence-electron chi connectivity index (χ3n) is 1.91. The maximum Gasteiger partial charge on any atom is 0.251 e. The van der Waals surface area contributed by atoms with Gasteiger partial charge in [-0.15, -0.1) is 0 Å². The van der Waals surface area contributed by atoms with Crippen LogP contribution in [0, 0.1) is 12.7 Å². The smallest absolute Gasteiger partial charge is 0.251 e. The minimum absolute atomic E-state index is 0.142. The van der Waals surface area contributed by atoms with E-state index in [1.165, 1.54) is 12.3 Å². The van der Waals surface area contributed by atoms with E-state index in [0.717, 1.165) is 5.56 Å². The normalized spacial score (nSPS) is 10.6. The van der Waals surface area contributed by atoms with Gasteiger partial charge in [-0.2, -0.15) is 0 Å². The van der Waals surface area contributed by atoms with E-state index >= 15 is 0 Å². The molecule has 0 atom stereocenters. The van der Waals surface area contributed by atoms with Crippen LogP contribution < -0.4 is 5.32 Å². The van der Waals surface area contributed by atoms with Gasteiger partial charge >= 0.3 is 0 Å². The number of halogens is 2. The van der Waals surface area contributed by atoms with Crippen molar-refractivity contribution in [3.05, 3.63) is 40.3 Å². The molecule has 0 aromatic heterocycles. The lowest BCUT2D eigenvalue weighted by Crippen LogP contribution is -2.10. The van der Waals surface area contributed by atoms with Crippen LogP contribution in [0.5, 0.6) is 0 Å². The standard InChI is InChI=1S/C12H13BrFNO2/c1-3-17-5-4-11(16)15-10-7-8(2)6-9(13)12(10)14/h4-7H,3H2,1-2H3,(H,15,16)/b5-4+. The third kappa shape index (κ3) is 4.19. The Morgan fingerprint density at radius 2 is 2.29 bits per heavy atom. The van der Waals surface area contributed by atoms with Gasteiger partial charge in [0.05, 0.1) is 23.0 Å². The molecule has 0 aliphatic heterocycles. The molecule has 0 saturated heterocycles. The fourth-order valence-electron chi connectivity index (χ4n) is 1.20. The number of benzene rings is 1. The molecule has 0 radical (unpaired) electrons. The van der Waals surface area contributed by atoms with E-state index in [0.29, 0.717) is 11.1 Å². The van der Waals surface area contributed by atoms with E-state index in [2.05, 4.69) is 21.2 Å². The number of carbonyl (C=O) groups excluding carboxylic acids is 1. The Labute approximate surface area is 108 Å². The first kappa shape index (κ1) is 13.7. The maximum atomic E-state index is 13.6. The summed E-state index contributed by atoms with van der Waals surface area (Å²) >= 11 is 3.08. The van der Waals surface area contributed by atoms with Crippen molar-refractivity contribution in [1.82, 2.24) is 0 Å². The summed E-state index contributed by atoms with van der Waals surface area (Å²) in [7, 11) is 0. The summed E-state index contributed by atoms with van der Waals surface area (Å²) in [4.78, 5) is 11.4. The van der Waals surface area contributed by atoms with E-state index < -0.39 is 11.7 Å². The van der Waals surface area contributed by atoms with Crippen LogP contribution in [0.4, 0.5) is 10.1 Å². The zero-order valence-electron chi connectivity index (χ0n) is 9.59. The second-order valence-electron chi connectivity index (χ2n) is 3.36. The molecule has 0 heterocycles. The molecule has 1 aromatic carbocycles. The van der Waals surface area contributed by atoms with E-state index in [1.54, 1.807) is 19.1 Å². The predicted octanol–water partition coefficient (Wildman–Crippen LogP) is 3.39. The van der Waals surface area contributed by atoms with Crippen molar-refractivity contribution in [3.8, 4) is 0 Å². The maximum absolute atomic E-state index is 13.6. The Kier molecular flexibility index (Phi) is 5.15. The minimum atomic E-state index is -0.492. The largest absolute Gasteiger partial charge is 0.501 e. The number of rotatable bonds is 4. The zero-order valence-corrected chi connectivity index (χ0v) is 11.2. The molecule has 1 rings (SSSR count). The van der Waals surface area contributed by atoms with Crippen molar-refractivity contribution in [3.63, 3.8) is 0 Å². The quantitative estimate of drug-likeness (QED) is 0.684. The summed E-state index contributed by atoms with van der Waals surface area (Å²) in [5.41, 5.74) is 0.991. The average molecular weight is 302 g/mol. The highest BCUT2D eigenvalue weighted by molar-refractivity contribution is 9.10. The van der Waals surface area contributed by atoms with Gasteiger partial charge in [0.15, 0.2) is 5.82 Å². The molecule has 0 aliphatic rings. The lowest BCUT2D eigenvalue weighted by atomic mass is 10.2. The summed E-state index contributed by atoms with van der Waals surface area (Å²) in [5.74, 6) is -0.927. The fraction of sp³-hybridized carbons (Fsp3) is 0.250. The molecule has 92 valence electrons. The molecule has 0 aliphatic carbocycles. The Balaban J connectivity index is 2.78. The molecular weight excluding hydrogens is 289 g/mol. The first-order chi connectivity index (χ1) is 8.04. The van der Waals surface area contributed by atoms with Gasteiger partial charge in [0, 0.05) is 6.08 Å². The molecule has 0 bridgehead atoms. The van der Waals surface area contributed by atoms with E-state index in [9.17, 15) is 9.18 Å². The predicted molar refractivity (Wildman–Crippen MR) is 68.2 cm³/mol. The van der Waals surface area contributed by atoms with Crippen molar-refractivity contribution in [2.45, 2.75) is 13.8 Å². The first-order valence-electron chi connectivity index (χ1n) is 5.09. The second kappa shape index (κ2) is 6.39. The molecule has 1 amide bonds. The lowest BCUT2D eigenvalue weighted by Gasteiger charge is -2.06. The van der Waals surface area contributed by atoms with Gasteiger partial charge in [-0.05, 0) is 47.5 Å². The molecule has 0 unspecified atom stereocenters. The molecule has 5 heteroatoms. The Bertz CT molecular complexity index is 446. The Morgan fingerprint density at radius 1 is 1.59 bits per heavy atom. The molecule has 0 spiro atoms. The van der Waals surface area contributed by atoms with Gasteiger partial charge in [-0.1, -0.05) is 0 Å². The number of hydrogen-bond acceptors (Lipinski definition) is 2. The average Bonchev–Trinajstić information content (AvgIpc) is 2.25. The van der Waals surface area contributed by atoms with Gasteiger partial charge in [-0.25, -0.2) is 4.39 Å². The molecule has 1 aromatic rings. The van der Waals surface area contributed by atoms with Gasteiger partial charge in [0.25, 0.3) is 5.91 Å². The summed E-state index contributed by atoms with van der Waals surface area (Å²) < 4.78 is 18.8. The van der Waals surface area contributed by atoms with Crippen LogP contribution in [-0.2, 0) is 9.53 Å². The highest BCUT2D eigenvalue weighted by Crippen LogP contribution is 2.24. The van der Waals surface area contributed by atoms with Gasteiger partial charge in [-0.3, -0.25) is 4.79 Å². The number of carbonyl (C=O) groups is 1. The Morgan fingerprint density at radius 3 is 2.94 bits per heavy atom. The summed E-state index contributed by atoms with van der Waals surface area (Å²) in [6.07, 6.45) is 2.48. The summed E-state index contributed by atoms with van der Waals surface area (Å²) in [6.45, 7) is 4.10. The topological polar surface area (TPSA) is 38.3 Å². The molecule has 0 saturated carbocycles. The number of aryl methyl sites for hydroxylation is 1. The third-order valence-corrected chi connectivity index (χ3v) is 2.49. The van der Waals surface area contributed by atoms with E-state index in [-0.39, 0.29) is 5.69 Å². The minimum Gasteiger partial charge on any atom is -0.501 e. The molecule has 1 N–H and O–H groups in total. The van der Waals surface area contributed by atoms with Gasteiger partial charge < -0.3 is 10.1 Å². The van der Waals surface area contributed by atoms with Crippen molar-refractivity contribution < 1.29 is 13.9 Å². The monoisotopic (exact) mass is 301 g/mol. The van der Waals surface area contributed by atoms with Crippen LogP contribution in [0.2, 0.25) is 0 Å². The fourth-order valence-corrected chi connectivity index (χ4v) is 1.77. The van der Waals surface area contributed by atoms with Gasteiger partial charge in [0.1, 0.15) is 0 Å². The van der Waals surface area contributed by atoms with Crippen LogP contribution in [-0.4, -0.2) is 12.5 Å². The van der Waals surface area contributed by atoms with Crippen LogP contribution >= 0.6 is 15.9 Å². The number of anilines is 1. The molecule has 3 nitrogen and oxygen atoms in total. The number of nitrogens with one attached hydrogen (secondary N) is 1. The number of ether oxygens (including phenoxy) is 1. The highest BCUT2D eigenvalue weighted by atomic mass is 79.9. The SMILES string of the molecule is CCO/C=C/C(=O)Nc1cc(C)cc(Br)c1F. The van der Waals surface area contributed by atoms with Crippen LogP contribution in [0.15, 0.2) is 28.9 Å². The molecule has 0 fully saturated rings. The van der Waals surface area contributed by atoms with Crippen LogP contribution in [0.25, 0.3) is 0 Å². The Hall–Kier alpha value is -1.36. The van der Waals surface area contributed by atoms with Crippen molar-refractivity contribution in [2.24, 2.45) is 0 Å².